The van der Waals surface area contributed by atoms with Gasteiger partial charge in [0.05, 0.1) is 10.6 Å². The Labute approximate surface area is 136 Å². The quantitative estimate of drug-likeness (QED) is 0.846. The molecule has 0 aliphatic rings. The monoisotopic (exact) mass is 333 g/mol. The summed E-state index contributed by atoms with van der Waals surface area (Å²) in [6.07, 6.45) is 0. The van der Waals surface area contributed by atoms with Crippen molar-refractivity contribution < 1.29 is 13.2 Å². The maximum absolute atomic E-state index is 12.2. The highest BCUT2D eigenvalue weighted by Crippen LogP contribution is 2.14. The minimum Gasteiger partial charge on any atom is -0.288 e. The van der Waals surface area contributed by atoms with Gasteiger partial charge in [-0.3, -0.25) is 15.2 Å². The third-order valence-corrected chi connectivity index (χ3v) is 5.14. The maximum Gasteiger partial charge on any atom is 0.269 e. The summed E-state index contributed by atoms with van der Waals surface area (Å²) in [5.41, 5.74) is 3.95. The number of anilines is 1. The summed E-state index contributed by atoms with van der Waals surface area (Å²) >= 11 is 0. The maximum atomic E-state index is 12.2. The van der Waals surface area contributed by atoms with Crippen LogP contribution in [0.1, 0.15) is 10.4 Å². The Kier molecular flexibility index (Phi) is 5.02. The first-order chi connectivity index (χ1) is 10.8. The number of hydrogen-bond donors (Lipinski definition) is 1. The Morgan fingerprint density at radius 3 is 2.00 bits per heavy atom. The van der Waals surface area contributed by atoms with Crippen LogP contribution in [0.3, 0.4) is 0 Å². The van der Waals surface area contributed by atoms with Gasteiger partial charge in [-0.1, -0.05) is 18.2 Å². The highest BCUT2D eigenvalue weighted by molar-refractivity contribution is 7.89. The van der Waals surface area contributed by atoms with Crippen molar-refractivity contribution in [3.8, 4) is 0 Å². The van der Waals surface area contributed by atoms with Crippen molar-refractivity contribution in [1.82, 2.24) is 9.73 Å². The summed E-state index contributed by atoms with van der Waals surface area (Å²) in [5, 5.41) is 1.60. The Bertz CT molecular complexity index is 772. The Hall–Kier alpha value is -2.38. The number of hydrogen-bond acceptors (Lipinski definition) is 4. The molecule has 6 nitrogen and oxygen atoms in total. The van der Waals surface area contributed by atoms with E-state index in [9.17, 15) is 13.2 Å². The van der Waals surface area contributed by atoms with Gasteiger partial charge in [0.15, 0.2) is 0 Å². The fraction of sp³-hybridized carbons (Fsp3) is 0.188. The van der Waals surface area contributed by atoms with Crippen LogP contribution in [0.5, 0.6) is 0 Å². The van der Waals surface area contributed by atoms with Crippen LogP contribution in [0.15, 0.2) is 59.5 Å². The van der Waals surface area contributed by atoms with Crippen LogP contribution in [-0.4, -0.2) is 39.8 Å². The van der Waals surface area contributed by atoms with Crippen LogP contribution < -0.4 is 10.4 Å². The zero-order valence-electron chi connectivity index (χ0n) is 13.2. The zero-order valence-corrected chi connectivity index (χ0v) is 14.0. The molecule has 2 aromatic carbocycles. The van der Waals surface area contributed by atoms with Gasteiger partial charge >= 0.3 is 0 Å². The molecule has 122 valence electrons. The number of benzene rings is 2. The summed E-state index contributed by atoms with van der Waals surface area (Å²) < 4.78 is 25.1. The number of carbonyl (C=O) groups is 1. The second kappa shape index (κ2) is 6.80. The van der Waals surface area contributed by atoms with E-state index >= 15 is 0 Å². The van der Waals surface area contributed by atoms with E-state index < -0.39 is 10.0 Å². The van der Waals surface area contributed by atoms with Crippen molar-refractivity contribution in [2.75, 3.05) is 26.2 Å². The largest absolute Gasteiger partial charge is 0.288 e. The highest BCUT2D eigenvalue weighted by Gasteiger charge is 2.17. The first-order valence-electron chi connectivity index (χ1n) is 6.95. The Balaban J connectivity index is 2.12. The molecule has 0 bridgehead atoms. The van der Waals surface area contributed by atoms with E-state index in [1.807, 2.05) is 30.3 Å². The van der Waals surface area contributed by atoms with Gasteiger partial charge in [0.1, 0.15) is 0 Å². The third-order valence-electron chi connectivity index (χ3n) is 3.31. The summed E-state index contributed by atoms with van der Waals surface area (Å²) in [6, 6.07) is 15.2. The van der Waals surface area contributed by atoms with E-state index in [-0.39, 0.29) is 10.8 Å². The highest BCUT2D eigenvalue weighted by atomic mass is 32.2. The Morgan fingerprint density at radius 1 is 0.913 bits per heavy atom. The van der Waals surface area contributed by atoms with Crippen LogP contribution in [0.4, 0.5) is 5.69 Å². The van der Waals surface area contributed by atoms with Gasteiger partial charge in [0.25, 0.3) is 5.91 Å². The molecule has 1 N–H and O–H groups in total. The summed E-state index contributed by atoms with van der Waals surface area (Å²) in [6.45, 7) is 0. The first kappa shape index (κ1) is 17.0. The van der Waals surface area contributed by atoms with Crippen molar-refractivity contribution in [1.29, 1.82) is 0 Å². The molecule has 0 heterocycles. The van der Waals surface area contributed by atoms with Crippen molar-refractivity contribution in [2.24, 2.45) is 0 Å². The average Bonchev–Trinajstić information content (AvgIpc) is 2.55. The molecule has 0 radical (unpaired) electrons. The molecule has 0 saturated heterocycles. The molecule has 2 rings (SSSR count). The SMILES string of the molecule is CN(NC(=O)c1ccc(S(=O)(=O)N(C)C)cc1)c1ccccc1. The van der Waals surface area contributed by atoms with Gasteiger partial charge in [-0.15, -0.1) is 0 Å². The van der Waals surface area contributed by atoms with Gasteiger partial charge in [-0.25, -0.2) is 12.7 Å². The normalized spacial score (nSPS) is 11.3. The molecule has 0 atom stereocenters. The predicted octanol–water partition coefficient (Wildman–Crippen LogP) is 1.72. The molecule has 1 amide bonds. The molecule has 0 saturated carbocycles. The number of nitrogens with one attached hydrogen (secondary N) is 1. The van der Waals surface area contributed by atoms with E-state index in [0.29, 0.717) is 5.56 Å². The predicted molar refractivity (Wildman–Crippen MR) is 89.6 cm³/mol. The topological polar surface area (TPSA) is 69.7 Å². The van der Waals surface area contributed by atoms with Crippen LogP contribution in [-0.2, 0) is 10.0 Å². The fourth-order valence-corrected chi connectivity index (χ4v) is 2.82. The molecule has 0 spiro atoms. The molecular weight excluding hydrogens is 314 g/mol. The minimum atomic E-state index is -3.49. The lowest BCUT2D eigenvalue weighted by Gasteiger charge is -2.20. The van der Waals surface area contributed by atoms with E-state index in [1.54, 1.807) is 12.1 Å². The second-order valence-electron chi connectivity index (χ2n) is 5.15. The molecule has 0 aliphatic heterocycles. The number of para-hydroxylation sites is 1. The van der Waals surface area contributed by atoms with E-state index in [2.05, 4.69) is 5.43 Å². The van der Waals surface area contributed by atoms with Gasteiger partial charge in [0, 0.05) is 26.7 Å². The third kappa shape index (κ3) is 3.88. The van der Waals surface area contributed by atoms with Crippen LogP contribution in [0.25, 0.3) is 0 Å². The fourth-order valence-electron chi connectivity index (χ4n) is 1.92. The summed E-state index contributed by atoms with van der Waals surface area (Å²) in [5.74, 6) is -0.315. The Morgan fingerprint density at radius 2 is 1.48 bits per heavy atom. The number of amides is 1. The van der Waals surface area contributed by atoms with Gasteiger partial charge in [0.2, 0.25) is 10.0 Å². The van der Waals surface area contributed by atoms with Crippen LogP contribution >= 0.6 is 0 Å². The smallest absolute Gasteiger partial charge is 0.269 e. The van der Waals surface area contributed by atoms with Gasteiger partial charge < -0.3 is 0 Å². The molecule has 7 heteroatoms. The van der Waals surface area contributed by atoms with E-state index in [1.165, 1.54) is 38.4 Å². The second-order valence-corrected chi connectivity index (χ2v) is 7.30. The van der Waals surface area contributed by atoms with E-state index in [0.717, 1.165) is 9.99 Å². The number of hydrazine groups is 1. The molecule has 0 fully saturated rings. The minimum absolute atomic E-state index is 0.149. The zero-order chi connectivity index (χ0) is 17.0. The lowest BCUT2D eigenvalue weighted by Crippen LogP contribution is -2.39. The van der Waals surface area contributed by atoms with Crippen LogP contribution in [0, 0.1) is 0 Å². The molecular formula is C16H19N3O3S. The number of sulfonamides is 1. The molecule has 2 aromatic rings. The molecule has 23 heavy (non-hydrogen) atoms. The van der Waals surface area contributed by atoms with Crippen LogP contribution in [0.2, 0.25) is 0 Å². The number of rotatable bonds is 5. The first-order valence-corrected chi connectivity index (χ1v) is 8.39. The molecule has 0 unspecified atom stereocenters. The average molecular weight is 333 g/mol. The summed E-state index contributed by atoms with van der Waals surface area (Å²) in [7, 11) is 1.17. The lowest BCUT2D eigenvalue weighted by atomic mass is 10.2. The van der Waals surface area contributed by atoms with Crippen molar-refractivity contribution >= 4 is 21.6 Å². The molecule has 0 aromatic heterocycles. The van der Waals surface area contributed by atoms with Crippen molar-refractivity contribution in [3.05, 3.63) is 60.2 Å². The summed E-state index contributed by atoms with van der Waals surface area (Å²) in [4.78, 5) is 12.4. The molecule has 0 aliphatic carbocycles. The van der Waals surface area contributed by atoms with E-state index in [4.69, 9.17) is 0 Å². The van der Waals surface area contributed by atoms with Gasteiger partial charge in [-0.05, 0) is 36.4 Å². The number of nitrogens with zero attached hydrogens (tertiary/aromatic N) is 2. The lowest BCUT2D eigenvalue weighted by molar-refractivity contribution is 0.0951. The standard InChI is InChI=1S/C16H19N3O3S/c1-18(2)23(21,22)15-11-9-13(10-12-15)16(20)17-19(3)14-7-5-4-6-8-14/h4-12H,1-3H3,(H,17,20). The van der Waals surface area contributed by atoms with Gasteiger partial charge in [-0.2, -0.15) is 0 Å². The van der Waals surface area contributed by atoms with Crippen molar-refractivity contribution in [3.63, 3.8) is 0 Å². The number of carbonyl (C=O) groups excluding carboxylic acids is 1. The van der Waals surface area contributed by atoms with Crippen molar-refractivity contribution in [2.45, 2.75) is 4.90 Å².